The van der Waals surface area contributed by atoms with Crippen molar-refractivity contribution in [3.8, 4) is 0 Å². The van der Waals surface area contributed by atoms with Gasteiger partial charge in [0.15, 0.2) is 0 Å². The Kier molecular flexibility index (Phi) is 4.91. The number of thioether (sulfide) groups is 1. The lowest BCUT2D eigenvalue weighted by atomic mass is 9.97. The van der Waals surface area contributed by atoms with Crippen LogP contribution in [0.2, 0.25) is 0 Å². The maximum absolute atomic E-state index is 11.0. The van der Waals surface area contributed by atoms with Gasteiger partial charge in [0.25, 0.3) is 0 Å². The molecule has 1 unspecified atom stereocenters. The van der Waals surface area contributed by atoms with E-state index < -0.39 is 5.97 Å². The fourth-order valence-corrected chi connectivity index (χ4v) is 3.44. The van der Waals surface area contributed by atoms with Crippen molar-refractivity contribution in [1.29, 1.82) is 0 Å². The molecule has 4 heteroatoms. The smallest absolute Gasteiger partial charge is 0.313 e. The van der Waals surface area contributed by atoms with E-state index in [1.54, 1.807) is 0 Å². The van der Waals surface area contributed by atoms with E-state index in [2.05, 4.69) is 0 Å². The molecule has 21 heavy (non-hydrogen) atoms. The number of hydrogen-bond donors (Lipinski definition) is 2. The number of anilines is 1. The van der Waals surface area contributed by atoms with Gasteiger partial charge in [-0.05, 0) is 36.6 Å². The van der Waals surface area contributed by atoms with Crippen molar-refractivity contribution in [3.63, 3.8) is 0 Å². The SMILES string of the molecule is Cc1ccc(N)c(C(SCC(=O)O)c2ccccc2C)c1. The number of aryl methyl sites for hydroxylation is 2. The highest BCUT2D eigenvalue weighted by molar-refractivity contribution is 8.00. The third-order valence-electron chi connectivity index (χ3n) is 3.37. The summed E-state index contributed by atoms with van der Waals surface area (Å²) < 4.78 is 0. The van der Waals surface area contributed by atoms with Crippen LogP contribution in [-0.4, -0.2) is 16.8 Å². The first kappa shape index (κ1) is 15.4. The summed E-state index contributed by atoms with van der Waals surface area (Å²) in [5.41, 5.74) is 11.2. The molecule has 3 nitrogen and oxygen atoms in total. The fraction of sp³-hybridized carbons (Fsp3) is 0.235. The van der Waals surface area contributed by atoms with Crippen LogP contribution in [0.4, 0.5) is 5.69 Å². The lowest BCUT2D eigenvalue weighted by molar-refractivity contribution is -0.133. The Labute approximate surface area is 129 Å². The molecule has 0 heterocycles. The molecule has 0 spiro atoms. The molecule has 0 amide bonds. The van der Waals surface area contributed by atoms with Gasteiger partial charge in [0.05, 0.1) is 11.0 Å². The first-order chi connectivity index (χ1) is 9.99. The van der Waals surface area contributed by atoms with E-state index >= 15 is 0 Å². The molecule has 0 aliphatic carbocycles. The van der Waals surface area contributed by atoms with Gasteiger partial charge in [0.2, 0.25) is 0 Å². The summed E-state index contributed by atoms with van der Waals surface area (Å²) in [7, 11) is 0. The molecule has 2 aromatic rings. The normalized spacial score (nSPS) is 12.1. The van der Waals surface area contributed by atoms with E-state index in [0.29, 0.717) is 5.69 Å². The monoisotopic (exact) mass is 301 g/mol. The van der Waals surface area contributed by atoms with Crippen molar-refractivity contribution < 1.29 is 9.90 Å². The first-order valence-electron chi connectivity index (χ1n) is 6.74. The Balaban J connectivity index is 2.48. The van der Waals surface area contributed by atoms with Gasteiger partial charge >= 0.3 is 5.97 Å². The van der Waals surface area contributed by atoms with E-state index in [1.807, 2.05) is 56.3 Å². The van der Waals surface area contributed by atoms with E-state index in [0.717, 1.165) is 22.3 Å². The van der Waals surface area contributed by atoms with Crippen LogP contribution in [0.1, 0.15) is 27.5 Å². The highest BCUT2D eigenvalue weighted by Gasteiger charge is 2.20. The predicted octanol–water partition coefficient (Wildman–Crippen LogP) is 3.79. The Morgan fingerprint density at radius 1 is 1.19 bits per heavy atom. The fourth-order valence-electron chi connectivity index (χ4n) is 2.30. The van der Waals surface area contributed by atoms with Crippen LogP contribution in [-0.2, 0) is 4.79 Å². The Morgan fingerprint density at radius 2 is 1.90 bits per heavy atom. The third kappa shape index (κ3) is 3.79. The zero-order valence-corrected chi connectivity index (χ0v) is 13.0. The van der Waals surface area contributed by atoms with E-state index in [9.17, 15) is 4.79 Å². The van der Waals surface area contributed by atoms with Gasteiger partial charge < -0.3 is 10.8 Å². The van der Waals surface area contributed by atoms with Gasteiger partial charge in [-0.25, -0.2) is 0 Å². The van der Waals surface area contributed by atoms with Crippen molar-refractivity contribution in [2.24, 2.45) is 0 Å². The van der Waals surface area contributed by atoms with Gasteiger partial charge in [-0.1, -0.05) is 42.0 Å². The third-order valence-corrected chi connectivity index (χ3v) is 4.62. The number of nitrogen functional groups attached to an aromatic ring is 1. The molecule has 0 radical (unpaired) electrons. The summed E-state index contributed by atoms with van der Waals surface area (Å²) in [4.78, 5) is 11.0. The molecular formula is C17H19NO2S. The molecule has 0 aliphatic heterocycles. The van der Waals surface area contributed by atoms with Crippen LogP contribution in [0.3, 0.4) is 0 Å². The maximum atomic E-state index is 11.0. The molecule has 0 saturated heterocycles. The van der Waals surface area contributed by atoms with Crippen molar-refractivity contribution in [1.82, 2.24) is 0 Å². The van der Waals surface area contributed by atoms with E-state index in [-0.39, 0.29) is 11.0 Å². The minimum atomic E-state index is -0.815. The van der Waals surface area contributed by atoms with Crippen LogP contribution in [0.5, 0.6) is 0 Å². The summed E-state index contributed by atoms with van der Waals surface area (Å²) in [6, 6.07) is 13.9. The van der Waals surface area contributed by atoms with Crippen molar-refractivity contribution >= 4 is 23.4 Å². The Bertz CT molecular complexity index is 655. The highest BCUT2D eigenvalue weighted by atomic mass is 32.2. The molecule has 1 atom stereocenters. The molecule has 110 valence electrons. The van der Waals surface area contributed by atoms with Crippen molar-refractivity contribution in [2.75, 3.05) is 11.5 Å². The van der Waals surface area contributed by atoms with Crippen LogP contribution in [0, 0.1) is 13.8 Å². The number of carbonyl (C=O) groups is 1. The summed E-state index contributed by atoms with van der Waals surface area (Å²) in [6.45, 7) is 4.05. The summed E-state index contributed by atoms with van der Waals surface area (Å²) in [5, 5.41) is 8.93. The minimum Gasteiger partial charge on any atom is -0.481 e. The molecule has 0 saturated carbocycles. The lowest BCUT2D eigenvalue weighted by Gasteiger charge is -2.21. The molecule has 0 bridgehead atoms. The largest absolute Gasteiger partial charge is 0.481 e. The van der Waals surface area contributed by atoms with Gasteiger partial charge in [-0.3, -0.25) is 4.79 Å². The zero-order valence-electron chi connectivity index (χ0n) is 12.2. The summed E-state index contributed by atoms with van der Waals surface area (Å²) in [6.07, 6.45) is 0. The number of rotatable bonds is 5. The average molecular weight is 301 g/mol. The molecule has 0 fully saturated rings. The topological polar surface area (TPSA) is 63.3 Å². The summed E-state index contributed by atoms with van der Waals surface area (Å²) in [5.74, 6) is -0.767. The number of nitrogens with two attached hydrogens (primary N) is 1. The van der Waals surface area contributed by atoms with Crippen LogP contribution >= 0.6 is 11.8 Å². The predicted molar refractivity (Wildman–Crippen MR) is 88.7 cm³/mol. The van der Waals surface area contributed by atoms with Gasteiger partial charge in [-0.15, -0.1) is 11.8 Å². The number of carboxylic acid groups (broad SMARTS) is 1. The maximum Gasteiger partial charge on any atom is 0.313 e. The Hall–Kier alpha value is -1.94. The van der Waals surface area contributed by atoms with E-state index in [4.69, 9.17) is 10.8 Å². The lowest BCUT2D eigenvalue weighted by Crippen LogP contribution is -2.07. The van der Waals surface area contributed by atoms with Crippen molar-refractivity contribution in [3.05, 3.63) is 64.7 Å². The van der Waals surface area contributed by atoms with Gasteiger partial charge in [0, 0.05) is 5.69 Å². The van der Waals surface area contributed by atoms with Crippen molar-refractivity contribution in [2.45, 2.75) is 19.1 Å². The van der Waals surface area contributed by atoms with Crippen LogP contribution in [0.15, 0.2) is 42.5 Å². The second-order valence-electron chi connectivity index (χ2n) is 5.07. The van der Waals surface area contributed by atoms with Crippen LogP contribution < -0.4 is 5.73 Å². The molecule has 2 aromatic carbocycles. The highest BCUT2D eigenvalue weighted by Crippen LogP contribution is 2.40. The second kappa shape index (κ2) is 6.68. The molecule has 0 aromatic heterocycles. The molecule has 3 N–H and O–H groups in total. The molecule has 2 rings (SSSR count). The average Bonchev–Trinajstić information content (AvgIpc) is 2.44. The quantitative estimate of drug-likeness (QED) is 0.825. The van der Waals surface area contributed by atoms with Gasteiger partial charge in [0.1, 0.15) is 0 Å². The number of carboxylic acids is 1. The number of aliphatic carboxylic acids is 1. The van der Waals surface area contributed by atoms with Gasteiger partial charge in [-0.2, -0.15) is 0 Å². The first-order valence-corrected chi connectivity index (χ1v) is 7.79. The van der Waals surface area contributed by atoms with Crippen LogP contribution in [0.25, 0.3) is 0 Å². The Morgan fingerprint density at radius 3 is 2.57 bits per heavy atom. The number of hydrogen-bond acceptors (Lipinski definition) is 3. The zero-order chi connectivity index (χ0) is 15.4. The standard InChI is InChI=1S/C17H19NO2S/c1-11-7-8-15(18)14(9-11)17(21-10-16(19)20)13-6-4-3-5-12(13)2/h3-9,17H,10,18H2,1-2H3,(H,19,20). The number of benzene rings is 2. The molecular weight excluding hydrogens is 282 g/mol. The molecule has 0 aliphatic rings. The van der Waals surface area contributed by atoms with E-state index in [1.165, 1.54) is 11.8 Å². The summed E-state index contributed by atoms with van der Waals surface area (Å²) >= 11 is 1.39. The second-order valence-corrected chi connectivity index (χ2v) is 6.17. The minimum absolute atomic E-state index is 0.0480.